The SMILES string of the molecule is [C-]#[N+]CN1CCN(C(=O)c2ccccc2)CC1C. The molecule has 1 atom stereocenters. The lowest BCUT2D eigenvalue weighted by Crippen LogP contribution is -2.53. The van der Waals surface area contributed by atoms with Gasteiger partial charge in [-0.1, -0.05) is 18.2 Å². The van der Waals surface area contributed by atoms with E-state index in [2.05, 4.69) is 16.7 Å². The molecule has 2 rings (SSSR count). The Morgan fingerprint density at radius 1 is 1.39 bits per heavy atom. The first kappa shape index (κ1) is 12.6. The van der Waals surface area contributed by atoms with Crippen molar-refractivity contribution in [1.82, 2.24) is 9.80 Å². The molecule has 94 valence electrons. The minimum Gasteiger partial charge on any atom is -0.336 e. The van der Waals surface area contributed by atoms with Crippen LogP contribution in [0.2, 0.25) is 0 Å². The van der Waals surface area contributed by atoms with Crippen molar-refractivity contribution in [3.05, 3.63) is 47.3 Å². The zero-order valence-corrected chi connectivity index (χ0v) is 10.5. The van der Waals surface area contributed by atoms with Gasteiger partial charge in [-0.3, -0.25) is 9.64 Å². The van der Waals surface area contributed by atoms with E-state index in [0.29, 0.717) is 19.8 Å². The third-order valence-corrected chi connectivity index (χ3v) is 3.33. The van der Waals surface area contributed by atoms with E-state index in [9.17, 15) is 4.79 Å². The maximum absolute atomic E-state index is 12.3. The Hall–Kier alpha value is -1.86. The quantitative estimate of drug-likeness (QED) is 0.740. The number of carbonyl (C=O) groups is 1. The number of rotatable bonds is 2. The van der Waals surface area contributed by atoms with E-state index >= 15 is 0 Å². The predicted octanol–water partition coefficient (Wildman–Crippen LogP) is 1.71. The first-order chi connectivity index (χ1) is 8.72. The summed E-state index contributed by atoms with van der Waals surface area (Å²) in [5.74, 6) is 0.0879. The zero-order chi connectivity index (χ0) is 13.0. The lowest BCUT2D eigenvalue weighted by molar-refractivity contribution is 0.0541. The maximum atomic E-state index is 12.3. The van der Waals surface area contributed by atoms with Crippen molar-refractivity contribution in [3.8, 4) is 0 Å². The lowest BCUT2D eigenvalue weighted by Gasteiger charge is -2.37. The van der Waals surface area contributed by atoms with Crippen molar-refractivity contribution >= 4 is 5.91 Å². The molecule has 0 aliphatic carbocycles. The smallest absolute Gasteiger partial charge is 0.271 e. The van der Waals surface area contributed by atoms with Crippen LogP contribution in [-0.4, -0.2) is 48.1 Å². The Morgan fingerprint density at radius 3 is 2.72 bits per heavy atom. The average molecular weight is 243 g/mol. The molecule has 0 aromatic heterocycles. The molecule has 0 saturated carbocycles. The molecule has 1 heterocycles. The summed E-state index contributed by atoms with van der Waals surface area (Å²) in [5, 5.41) is 0. The number of carbonyl (C=O) groups excluding carboxylic acids is 1. The monoisotopic (exact) mass is 243 g/mol. The first-order valence-corrected chi connectivity index (χ1v) is 6.14. The maximum Gasteiger partial charge on any atom is 0.271 e. The van der Waals surface area contributed by atoms with Gasteiger partial charge < -0.3 is 4.90 Å². The molecule has 0 N–H and O–H groups in total. The molecule has 1 amide bonds. The van der Waals surface area contributed by atoms with E-state index in [1.54, 1.807) is 0 Å². The second-order valence-electron chi connectivity index (χ2n) is 4.58. The summed E-state index contributed by atoms with van der Waals surface area (Å²) in [7, 11) is 0. The minimum absolute atomic E-state index is 0.0879. The van der Waals surface area contributed by atoms with Crippen molar-refractivity contribution < 1.29 is 4.79 Å². The third-order valence-electron chi connectivity index (χ3n) is 3.33. The van der Waals surface area contributed by atoms with Crippen LogP contribution in [0.4, 0.5) is 0 Å². The Bertz CT molecular complexity index is 452. The molecule has 1 aliphatic heterocycles. The number of amides is 1. The zero-order valence-electron chi connectivity index (χ0n) is 10.5. The van der Waals surface area contributed by atoms with E-state index in [4.69, 9.17) is 6.57 Å². The second-order valence-corrected chi connectivity index (χ2v) is 4.58. The van der Waals surface area contributed by atoms with Gasteiger partial charge in [0.05, 0.1) is 0 Å². The van der Waals surface area contributed by atoms with Crippen LogP contribution in [0.1, 0.15) is 17.3 Å². The van der Waals surface area contributed by atoms with E-state index in [0.717, 1.165) is 12.1 Å². The Kier molecular flexibility index (Phi) is 3.96. The molecule has 0 radical (unpaired) electrons. The summed E-state index contributed by atoms with van der Waals surface area (Å²) >= 11 is 0. The lowest BCUT2D eigenvalue weighted by atomic mass is 10.1. The predicted molar refractivity (Wildman–Crippen MR) is 70.0 cm³/mol. The van der Waals surface area contributed by atoms with Gasteiger partial charge in [-0.05, 0) is 19.1 Å². The van der Waals surface area contributed by atoms with Gasteiger partial charge in [0.15, 0.2) is 0 Å². The van der Waals surface area contributed by atoms with Crippen LogP contribution in [0.25, 0.3) is 4.85 Å². The first-order valence-electron chi connectivity index (χ1n) is 6.14. The normalized spacial score (nSPS) is 20.4. The Labute approximate surface area is 108 Å². The summed E-state index contributed by atoms with van der Waals surface area (Å²) in [6, 6.07) is 9.61. The van der Waals surface area contributed by atoms with Gasteiger partial charge in [-0.15, -0.1) is 0 Å². The highest BCUT2D eigenvalue weighted by molar-refractivity contribution is 5.94. The molecule has 4 heteroatoms. The number of hydrogen-bond donors (Lipinski definition) is 0. The minimum atomic E-state index is 0.0879. The molecule has 0 spiro atoms. The summed E-state index contributed by atoms with van der Waals surface area (Å²) in [4.78, 5) is 19.7. The van der Waals surface area contributed by atoms with Crippen molar-refractivity contribution in [2.24, 2.45) is 0 Å². The molecule has 0 bridgehead atoms. The second kappa shape index (κ2) is 5.65. The van der Waals surface area contributed by atoms with Crippen LogP contribution in [-0.2, 0) is 0 Å². The highest BCUT2D eigenvalue weighted by atomic mass is 16.2. The van der Waals surface area contributed by atoms with Gasteiger partial charge in [0.1, 0.15) is 0 Å². The average Bonchev–Trinajstić information content (AvgIpc) is 2.41. The molecule has 1 aromatic rings. The van der Waals surface area contributed by atoms with Crippen LogP contribution < -0.4 is 0 Å². The van der Waals surface area contributed by atoms with Gasteiger partial charge in [-0.25, -0.2) is 11.5 Å². The summed E-state index contributed by atoms with van der Waals surface area (Å²) in [6.45, 7) is 11.6. The van der Waals surface area contributed by atoms with E-state index < -0.39 is 0 Å². The molecule has 1 unspecified atom stereocenters. The summed E-state index contributed by atoms with van der Waals surface area (Å²) < 4.78 is 0. The van der Waals surface area contributed by atoms with Crippen LogP contribution in [0, 0.1) is 6.57 Å². The summed E-state index contributed by atoms with van der Waals surface area (Å²) in [5.41, 5.74) is 0.739. The van der Waals surface area contributed by atoms with Crippen LogP contribution in [0.5, 0.6) is 0 Å². The van der Waals surface area contributed by atoms with E-state index in [1.165, 1.54) is 0 Å². The largest absolute Gasteiger partial charge is 0.336 e. The van der Waals surface area contributed by atoms with Gasteiger partial charge in [-0.2, -0.15) is 0 Å². The molecule has 18 heavy (non-hydrogen) atoms. The molecule has 1 saturated heterocycles. The van der Waals surface area contributed by atoms with E-state index in [1.807, 2.05) is 35.2 Å². The number of nitrogens with zero attached hydrogens (tertiary/aromatic N) is 3. The fourth-order valence-electron chi connectivity index (χ4n) is 2.24. The molecule has 1 aliphatic rings. The molecule has 1 fully saturated rings. The highest BCUT2D eigenvalue weighted by Crippen LogP contribution is 2.13. The highest BCUT2D eigenvalue weighted by Gasteiger charge is 2.28. The van der Waals surface area contributed by atoms with Crippen molar-refractivity contribution in [1.29, 1.82) is 0 Å². The van der Waals surface area contributed by atoms with Gasteiger partial charge in [0.25, 0.3) is 12.6 Å². The number of piperazine rings is 1. The van der Waals surface area contributed by atoms with Gasteiger partial charge in [0, 0.05) is 31.2 Å². The Balaban J connectivity index is 2.01. The molecule has 1 aromatic carbocycles. The molecule has 4 nitrogen and oxygen atoms in total. The summed E-state index contributed by atoms with van der Waals surface area (Å²) in [6.07, 6.45) is 0. The molecular weight excluding hydrogens is 226 g/mol. The number of benzene rings is 1. The van der Waals surface area contributed by atoms with Crippen molar-refractivity contribution in [2.45, 2.75) is 13.0 Å². The van der Waals surface area contributed by atoms with Gasteiger partial charge in [0.2, 0.25) is 0 Å². The van der Waals surface area contributed by atoms with Crippen molar-refractivity contribution in [2.75, 3.05) is 26.3 Å². The molecular formula is C14H17N3O. The Morgan fingerprint density at radius 2 is 2.11 bits per heavy atom. The standard InChI is InChI=1S/C14H17N3O/c1-12-10-16(8-9-17(12)11-15-2)14(18)13-6-4-3-5-7-13/h3-7,12H,8-11H2,1H3. The topological polar surface area (TPSA) is 27.9 Å². The van der Waals surface area contributed by atoms with Gasteiger partial charge >= 0.3 is 0 Å². The van der Waals surface area contributed by atoms with Crippen molar-refractivity contribution in [3.63, 3.8) is 0 Å². The van der Waals surface area contributed by atoms with Crippen LogP contribution >= 0.6 is 0 Å². The fourth-order valence-corrected chi connectivity index (χ4v) is 2.24. The van der Waals surface area contributed by atoms with Crippen LogP contribution in [0.15, 0.2) is 30.3 Å². The third kappa shape index (κ3) is 2.69. The number of hydrogen-bond acceptors (Lipinski definition) is 2. The van der Waals surface area contributed by atoms with Crippen LogP contribution in [0.3, 0.4) is 0 Å². The van der Waals surface area contributed by atoms with E-state index in [-0.39, 0.29) is 11.9 Å². The fraction of sp³-hybridized carbons (Fsp3) is 0.429.